The molecule has 0 fully saturated rings. The monoisotopic (exact) mass is 374 g/mol. The number of halogens is 1. The summed E-state index contributed by atoms with van der Waals surface area (Å²) in [6.45, 7) is 1.44. The van der Waals surface area contributed by atoms with Gasteiger partial charge in [-0.1, -0.05) is 6.92 Å². The Bertz CT molecular complexity index is 792. The predicted molar refractivity (Wildman–Crippen MR) is 99.5 cm³/mol. The van der Waals surface area contributed by atoms with Crippen LogP contribution in [0.5, 0.6) is 5.75 Å². The summed E-state index contributed by atoms with van der Waals surface area (Å²) in [6.07, 6.45) is 0.644. The van der Waals surface area contributed by atoms with E-state index in [1.165, 1.54) is 12.1 Å². The largest absolute Gasteiger partial charge is 0.546 e. The summed E-state index contributed by atoms with van der Waals surface area (Å²) in [6, 6.07) is 12.6. The Kier molecular flexibility index (Phi) is 7.04. The molecule has 0 aliphatic heterocycles. The van der Waals surface area contributed by atoms with Crippen LogP contribution in [0, 0.1) is 5.82 Å². The molecule has 2 rings (SSSR count). The van der Waals surface area contributed by atoms with Crippen molar-refractivity contribution in [1.29, 1.82) is 0 Å². The van der Waals surface area contributed by atoms with Crippen molar-refractivity contribution in [2.75, 3.05) is 11.9 Å². The van der Waals surface area contributed by atoms with Crippen molar-refractivity contribution in [2.45, 2.75) is 13.3 Å². The molecular formula is C18H17FN3O3S-. The number of carboxylic acid groups (broad SMARTS) is 1. The third kappa shape index (κ3) is 6.14. The van der Waals surface area contributed by atoms with E-state index in [1.54, 1.807) is 36.4 Å². The number of nitrogens with zero attached hydrogens (tertiary/aromatic N) is 1. The van der Waals surface area contributed by atoms with Gasteiger partial charge in [-0.15, -0.1) is 0 Å². The molecule has 0 radical (unpaired) electrons. The number of hydrazone groups is 1. The first kappa shape index (κ1) is 19.3. The number of nitrogens with one attached hydrogen (secondary N) is 2. The van der Waals surface area contributed by atoms with Crippen LogP contribution in [0.2, 0.25) is 0 Å². The molecule has 0 heterocycles. The summed E-state index contributed by atoms with van der Waals surface area (Å²) in [5, 5.41) is 17.8. The fourth-order valence-electron chi connectivity index (χ4n) is 2.04. The molecule has 26 heavy (non-hydrogen) atoms. The molecule has 0 amide bonds. The van der Waals surface area contributed by atoms with Crippen molar-refractivity contribution in [1.82, 2.24) is 5.43 Å². The van der Waals surface area contributed by atoms with Crippen LogP contribution in [0.4, 0.5) is 10.1 Å². The molecule has 2 N–H and O–H groups in total. The number of carboxylic acids is 1. The van der Waals surface area contributed by atoms with Crippen LogP contribution < -0.4 is 20.6 Å². The smallest absolute Gasteiger partial charge is 0.191 e. The number of carbonyl (C=O) groups is 1. The summed E-state index contributed by atoms with van der Waals surface area (Å²) in [4.78, 5) is 10.4. The number of thiocarbonyl (C=S) groups is 1. The maximum absolute atomic E-state index is 12.9. The molecule has 6 nitrogen and oxygen atoms in total. The molecule has 0 spiro atoms. The highest BCUT2D eigenvalue weighted by Crippen LogP contribution is 2.14. The van der Waals surface area contributed by atoms with E-state index in [2.05, 4.69) is 15.8 Å². The molecule has 2 aromatic rings. The molecule has 0 aliphatic rings. The molecule has 0 saturated carbocycles. The van der Waals surface area contributed by atoms with Crippen molar-refractivity contribution >= 4 is 34.7 Å². The lowest BCUT2D eigenvalue weighted by Crippen LogP contribution is -2.28. The van der Waals surface area contributed by atoms with E-state index in [4.69, 9.17) is 17.0 Å². The van der Waals surface area contributed by atoms with Gasteiger partial charge in [0, 0.05) is 5.69 Å². The van der Waals surface area contributed by atoms with E-state index in [1.807, 2.05) is 6.92 Å². The maximum atomic E-state index is 12.9. The van der Waals surface area contributed by atoms with Gasteiger partial charge in [0.2, 0.25) is 0 Å². The van der Waals surface area contributed by atoms with Crippen LogP contribution >= 0.6 is 12.2 Å². The van der Waals surface area contributed by atoms with Gasteiger partial charge in [-0.3, -0.25) is 5.43 Å². The van der Waals surface area contributed by atoms with E-state index in [-0.39, 0.29) is 10.9 Å². The highest BCUT2D eigenvalue weighted by molar-refractivity contribution is 7.80. The number of hydrogen-bond donors (Lipinski definition) is 2. The Morgan fingerprint density at radius 2 is 1.85 bits per heavy atom. The van der Waals surface area contributed by atoms with Crippen molar-refractivity contribution in [3.8, 4) is 5.75 Å². The normalized spacial score (nSPS) is 10.9. The van der Waals surface area contributed by atoms with Crippen LogP contribution in [0.3, 0.4) is 0 Å². The summed E-state index contributed by atoms with van der Waals surface area (Å²) < 4.78 is 17.9. The van der Waals surface area contributed by atoms with E-state index in [0.717, 1.165) is 11.3 Å². The zero-order valence-corrected chi connectivity index (χ0v) is 14.8. The summed E-state index contributed by atoms with van der Waals surface area (Å²) in [7, 11) is 0. The molecule has 0 aliphatic carbocycles. The number of benzene rings is 2. The average Bonchev–Trinajstić information content (AvgIpc) is 2.63. The number of hydrogen-bond acceptors (Lipinski definition) is 5. The first-order chi connectivity index (χ1) is 12.5. The minimum atomic E-state index is -1.28. The highest BCUT2D eigenvalue weighted by Gasteiger charge is 2.04. The van der Waals surface area contributed by atoms with E-state index in [0.29, 0.717) is 17.9 Å². The first-order valence-electron chi connectivity index (χ1n) is 7.80. The van der Waals surface area contributed by atoms with Gasteiger partial charge in [-0.25, -0.2) is 4.39 Å². The second-order valence-electron chi connectivity index (χ2n) is 5.17. The molecule has 0 atom stereocenters. The molecule has 2 aromatic carbocycles. The number of anilines is 1. The van der Waals surface area contributed by atoms with E-state index < -0.39 is 12.6 Å². The van der Waals surface area contributed by atoms with Gasteiger partial charge >= 0.3 is 0 Å². The average molecular weight is 374 g/mol. The first-order valence-corrected chi connectivity index (χ1v) is 8.21. The van der Waals surface area contributed by atoms with Crippen LogP contribution in [-0.4, -0.2) is 23.4 Å². The van der Waals surface area contributed by atoms with Crippen molar-refractivity contribution in [3.05, 3.63) is 59.9 Å². The lowest BCUT2D eigenvalue weighted by molar-refractivity contribution is -0.307. The Morgan fingerprint density at radius 3 is 2.42 bits per heavy atom. The quantitative estimate of drug-likeness (QED) is 0.438. The van der Waals surface area contributed by atoms with Crippen LogP contribution in [-0.2, 0) is 4.79 Å². The topological polar surface area (TPSA) is 85.8 Å². The number of rotatable bonds is 7. The molecule has 0 bridgehead atoms. The van der Waals surface area contributed by atoms with Crippen LogP contribution in [0.1, 0.15) is 18.9 Å². The fraction of sp³-hybridized carbons (Fsp3) is 0.167. The fourth-order valence-corrected chi connectivity index (χ4v) is 2.21. The van der Waals surface area contributed by atoms with Gasteiger partial charge in [0.1, 0.15) is 18.2 Å². The zero-order chi connectivity index (χ0) is 18.9. The van der Waals surface area contributed by atoms with Gasteiger partial charge in [0.05, 0.1) is 11.7 Å². The SMILES string of the molecule is CC/C(=N/NC(=S)Nc1ccc(F)cc1)c1ccc(OCC(=O)[O-])cc1. The molecule has 0 saturated heterocycles. The zero-order valence-electron chi connectivity index (χ0n) is 14.0. The lowest BCUT2D eigenvalue weighted by atomic mass is 10.1. The number of carbonyl (C=O) groups excluding carboxylic acids is 1. The predicted octanol–water partition coefficient (Wildman–Crippen LogP) is 2.06. The summed E-state index contributed by atoms with van der Waals surface area (Å²) in [5.41, 5.74) is 4.98. The maximum Gasteiger partial charge on any atom is 0.191 e. The van der Waals surface area contributed by atoms with Gasteiger partial charge < -0.3 is 20.0 Å². The van der Waals surface area contributed by atoms with Crippen molar-refractivity contribution in [2.24, 2.45) is 5.10 Å². The Balaban J connectivity index is 1.97. The van der Waals surface area contributed by atoms with Crippen molar-refractivity contribution < 1.29 is 19.0 Å². The van der Waals surface area contributed by atoms with Gasteiger partial charge in [0.25, 0.3) is 0 Å². The van der Waals surface area contributed by atoms with E-state index in [9.17, 15) is 14.3 Å². The number of aliphatic carboxylic acids is 1. The van der Waals surface area contributed by atoms with E-state index >= 15 is 0 Å². The summed E-state index contributed by atoms with van der Waals surface area (Å²) in [5.74, 6) is -1.18. The Morgan fingerprint density at radius 1 is 1.19 bits per heavy atom. The standard InChI is InChI=1S/C18H18FN3O3S/c1-2-16(12-3-9-15(10-4-12)25-11-17(23)24)21-22-18(26)20-14-7-5-13(19)6-8-14/h3-10H,2,11H2,1H3,(H,23,24)(H2,20,22,26)/p-1/b21-16-. The molecule has 136 valence electrons. The highest BCUT2D eigenvalue weighted by atomic mass is 32.1. The van der Waals surface area contributed by atoms with Crippen molar-refractivity contribution in [3.63, 3.8) is 0 Å². The molecule has 8 heteroatoms. The molecule has 0 aromatic heterocycles. The Hall–Kier alpha value is -3.00. The van der Waals surface area contributed by atoms with Gasteiger partial charge in [0.15, 0.2) is 5.11 Å². The molecular weight excluding hydrogens is 357 g/mol. The lowest BCUT2D eigenvalue weighted by Gasteiger charge is -2.10. The van der Waals surface area contributed by atoms with Crippen LogP contribution in [0.25, 0.3) is 0 Å². The second kappa shape index (κ2) is 9.47. The third-order valence-corrected chi connectivity index (χ3v) is 3.47. The number of ether oxygens (including phenoxy) is 1. The minimum absolute atomic E-state index is 0.275. The Labute approximate surface area is 155 Å². The van der Waals surface area contributed by atoms with Gasteiger partial charge in [-0.2, -0.15) is 5.10 Å². The minimum Gasteiger partial charge on any atom is -0.546 e. The van der Waals surface area contributed by atoms with Crippen LogP contribution in [0.15, 0.2) is 53.6 Å². The van der Waals surface area contributed by atoms with Gasteiger partial charge in [-0.05, 0) is 72.7 Å². The second-order valence-corrected chi connectivity index (χ2v) is 5.58. The summed E-state index contributed by atoms with van der Waals surface area (Å²) >= 11 is 5.16. The molecule has 0 unspecified atom stereocenters. The third-order valence-electron chi connectivity index (χ3n) is 3.27.